The highest BCUT2D eigenvalue weighted by Crippen LogP contribution is 2.13. The summed E-state index contributed by atoms with van der Waals surface area (Å²) in [4.78, 5) is 109. The highest BCUT2D eigenvalue weighted by Gasteiger charge is 2.31. The van der Waals surface area contributed by atoms with Gasteiger partial charge in [-0.1, -0.05) is 41.1 Å². The molecule has 0 radical (unpaired) electrons. The molecule has 12 N–H and O–H groups in total. The Morgan fingerprint density at radius 3 is 1.88 bits per heavy atom. The maximum absolute atomic E-state index is 12.7. The lowest BCUT2D eigenvalue weighted by Gasteiger charge is -2.24. The molecule has 21 nitrogen and oxygen atoms in total. The molecule has 0 bridgehead atoms. The summed E-state index contributed by atoms with van der Waals surface area (Å²) >= 11 is 3.84. The zero-order valence-electron chi connectivity index (χ0n) is 26.5. The van der Waals surface area contributed by atoms with E-state index < -0.39 is 109 Å². The van der Waals surface area contributed by atoms with E-state index in [1.807, 2.05) is 5.32 Å². The van der Waals surface area contributed by atoms with Crippen molar-refractivity contribution in [1.29, 1.82) is 0 Å². The summed E-state index contributed by atoms with van der Waals surface area (Å²) in [7, 11) is 0.419. The van der Waals surface area contributed by atoms with E-state index in [1.54, 1.807) is 46.3 Å². The van der Waals surface area contributed by atoms with Crippen LogP contribution in [0.5, 0.6) is 0 Å². The molecule has 6 atom stereocenters. The van der Waals surface area contributed by atoms with Crippen molar-refractivity contribution in [2.24, 2.45) is 0 Å². The molecular weight excluding hydrogens is 708 g/mol. The molecule has 0 aliphatic carbocycles. The summed E-state index contributed by atoms with van der Waals surface area (Å²) in [6, 6.07) is -0.445. The number of carboxylic acid groups (broad SMARTS) is 1. The number of carboxylic acids is 1. The highest BCUT2D eigenvalue weighted by atomic mass is 33.1. The van der Waals surface area contributed by atoms with Gasteiger partial charge in [0.05, 0.1) is 31.8 Å². The van der Waals surface area contributed by atoms with Gasteiger partial charge in [0.1, 0.15) is 18.1 Å². The summed E-state index contributed by atoms with van der Waals surface area (Å²) in [6.45, 7) is 0.629. The van der Waals surface area contributed by atoms with Crippen LogP contribution in [0, 0.1) is 0 Å². The van der Waals surface area contributed by atoms with Crippen LogP contribution in [0.3, 0.4) is 0 Å². The number of urea groups is 3. The molecule has 0 saturated carbocycles. The van der Waals surface area contributed by atoms with Gasteiger partial charge in [0, 0.05) is 6.42 Å². The standard InChI is InChI=1S/C27H38N8O13S2/c1-12(37)8-17(39)31-25(46)34-27(48)35-26(47)33-23(50-49)22(43)32-19(13(2)38)21(42)28-10-18(40)29-16(11-36)20(41)30-15(24(44)45)9-14-6-4-3-5-7-14/h3-7,12-13,15-16,19,23,36-38,49H,8-11H2,1-2H3,(H,28,42)(H,29,40)(H,30,41)(H,32,43)(H,44,45)(H4,31,33,34,35,39,46,47,48)/t12-,13-,15+,16+,19+,23?/m1/s1. The zero-order chi connectivity index (χ0) is 38.0. The number of rotatable bonds is 17. The Morgan fingerprint density at radius 1 is 0.740 bits per heavy atom. The second-order valence-electron chi connectivity index (χ2n) is 10.3. The summed E-state index contributed by atoms with van der Waals surface area (Å²) in [5, 5.41) is 52.2. The number of carbonyl (C=O) groups is 9. The fourth-order valence-corrected chi connectivity index (χ4v) is 4.45. The topological polar surface area (TPSA) is 331 Å². The number of benzene rings is 1. The van der Waals surface area contributed by atoms with Gasteiger partial charge in [-0.3, -0.25) is 39.9 Å². The van der Waals surface area contributed by atoms with Crippen LogP contribution >= 0.6 is 22.5 Å². The van der Waals surface area contributed by atoms with Crippen molar-refractivity contribution in [1.82, 2.24) is 42.5 Å². The Labute approximate surface area is 293 Å². The van der Waals surface area contributed by atoms with Crippen molar-refractivity contribution >= 4 is 76.1 Å². The first-order chi connectivity index (χ1) is 23.5. The summed E-state index contributed by atoms with van der Waals surface area (Å²) < 4.78 is 0. The van der Waals surface area contributed by atoms with E-state index in [0.29, 0.717) is 16.4 Å². The fraction of sp³-hybridized carbons (Fsp3) is 0.444. The molecule has 0 aliphatic heterocycles. The number of nitrogens with one attached hydrogen (secondary N) is 8. The number of carbonyl (C=O) groups excluding carboxylic acids is 8. The SMILES string of the molecule is C[C@@H](O)CC(=O)NC(=O)NC(=O)NC(=O)NC(SS)C(=O)N[C@H](C(=O)NCC(=O)N[C@@H](CO)C(=O)N[C@@H](Cc1ccccc1)C(=O)O)[C@@H](C)O. The van der Waals surface area contributed by atoms with Crippen LogP contribution < -0.4 is 42.5 Å². The molecule has 50 heavy (non-hydrogen) atoms. The Bertz CT molecular complexity index is 1400. The van der Waals surface area contributed by atoms with Crippen molar-refractivity contribution in [3.05, 3.63) is 35.9 Å². The van der Waals surface area contributed by atoms with E-state index in [-0.39, 0.29) is 6.42 Å². The van der Waals surface area contributed by atoms with Crippen molar-refractivity contribution in [2.75, 3.05) is 13.2 Å². The lowest BCUT2D eigenvalue weighted by Crippen LogP contribution is -2.59. The van der Waals surface area contributed by atoms with E-state index in [2.05, 4.69) is 32.9 Å². The molecule has 0 spiro atoms. The lowest BCUT2D eigenvalue weighted by molar-refractivity contribution is -0.142. The quantitative estimate of drug-likeness (QED) is 0.0413. The molecular formula is C27H38N8O13S2. The molecule has 0 saturated heterocycles. The van der Waals surface area contributed by atoms with Crippen LogP contribution in [0.1, 0.15) is 25.8 Å². The monoisotopic (exact) mass is 746 g/mol. The predicted molar refractivity (Wildman–Crippen MR) is 176 cm³/mol. The number of aliphatic hydroxyl groups excluding tert-OH is 3. The van der Waals surface area contributed by atoms with Gasteiger partial charge in [-0.2, -0.15) is 0 Å². The van der Waals surface area contributed by atoms with Gasteiger partial charge < -0.3 is 47.0 Å². The molecule has 1 aromatic rings. The largest absolute Gasteiger partial charge is 0.480 e. The van der Waals surface area contributed by atoms with Crippen LogP contribution in [0.25, 0.3) is 0 Å². The minimum Gasteiger partial charge on any atom is -0.480 e. The van der Waals surface area contributed by atoms with Gasteiger partial charge in [-0.05, 0) is 19.4 Å². The molecule has 0 fully saturated rings. The summed E-state index contributed by atoms with van der Waals surface area (Å²) in [6.07, 6.45) is -3.18. The van der Waals surface area contributed by atoms with E-state index in [4.69, 9.17) is 5.11 Å². The first-order valence-corrected chi connectivity index (χ1v) is 16.3. The van der Waals surface area contributed by atoms with Gasteiger partial charge in [0.25, 0.3) is 5.91 Å². The Balaban J connectivity index is 2.69. The average Bonchev–Trinajstić information content (AvgIpc) is 3.02. The lowest BCUT2D eigenvalue weighted by atomic mass is 10.1. The first kappa shape index (κ1) is 43.1. The molecule has 1 unspecified atom stereocenters. The molecule has 0 heterocycles. The van der Waals surface area contributed by atoms with Crippen molar-refractivity contribution in [3.63, 3.8) is 0 Å². The Hall–Kier alpha value is -4.97. The fourth-order valence-electron chi connectivity index (χ4n) is 3.68. The third kappa shape index (κ3) is 16.4. The first-order valence-electron chi connectivity index (χ1n) is 14.4. The van der Waals surface area contributed by atoms with Gasteiger partial charge in [0.2, 0.25) is 23.6 Å². The maximum atomic E-state index is 12.7. The zero-order valence-corrected chi connectivity index (χ0v) is 28.2. The van der Waals surface area contributed by atoms with Gasteiger partial charge in [-0.15, -0.1) is 11.7 Å². The van der Waals surface area contributed by atoms with Crippen LogP contribution in [0.2, 0.25) is 0 Å². The minimum absolute atomic E-state index is 0.0905. The van der Waals surface area contributed by atoms with E-state index in [1.165, 1.54) is 6.92 Å². The second-order valence-corrected chi connectivity index (χ2v) is 11.6. The van der Waals surface area contributed by atoms with Crippen LogP contribution in [0.4, 0.5) is 14.4 Å². The molecule has 23 heteroatoms. The Morgan fingerprint density at radius 2 is 1.34 bits per heavy atom. The van der Waals surface area contributed by atoms with Crippen LogP contribution in [-0.4, -0.2) is 123 Å². The third-order valence-electron chi connectivity index (χ3n) is 6.01. The van der Waals surface area contributed by atoms with Crippen LogP contribution in [-0.2, 0) is 35.2 Å². The maximum Gasteiger partial charge on any atom is 0.330 e. The van der Waals surface area contributed by atoms with E-state index in [0.717, 1.165) is 6.92 Å². The smallest absolute Gasteiger partial charge is 0.330 e. The van der Waals surface area contributed by atoms with Crippen LogP contribution in [0.15, 0.2) is 30.3 Å². The predicted octanol–water partition coefficient (Wildman–Crippen LogP) is -3.82. The normalized spacial score (nSPS) is 14.1. The van der Waals surface area contributed by atoms with Crippen molar-refractivity contribution in [2.45, 2.75) is 62.4 Å². The second kappa shape index (κ2) is 21.9. The van der Waals surface area contributed by atoms with Gasteiger partial charge >= 0.3 is 24.1 Å². The number of aliphatic hydroxyl groups is 3. The number of amides is 11. The molecule has 11 amide bonds. The highest BCUT2D eigenvalue weighted by molar-refractivity contribution is 8.69. The molecule has 276 valence electrons. The molecule has 0 aromatic heterocycles. The molecule has 1 aromatic carbocycles. The average molecular weight is 747 g/mol. The van der Waals surface area contributed by atoms with Gasteiger partial charge in [0.15, 0.2) is 5.37 Å². The van der Waals surface area contributed by atoms with E-state index in [9.17, 15) is 58.5 Å². The Kier molecular flexibility index (Phi) is 18.8. The third-order valence-corrected chi connectivity index (χ3v) is 7.19. The molecule has 0 aliphatic rings. The van der Waals surface area contributed by atoms with Gasteiger partial charge in [-0.25, -0.2) is 19.2 Å². The summed E-state index contributed by atoms with van der Waals surface area (Å²) in [5.74, 6) is -6.55. The van der Waals surface area contributed by atoms with E-state index >= 15 is 0 Å². The van der Waals surface area contributed by atoms with Crippen molar-refractivity contribution in [3.8, 4) is 0 Å². The summed E-state index contributed by atoms with van der Waals surface area (Å²) in [5.41, 5.74) is 0.597. The van der Waals surface area contributed by atoms with Crippen molar-refractivity contribution < 1.29 is 63.6 Å². The number of hydrogen-bond acceptors (Lipinski definition) is 14. The number of aliphatic carboxylic acids is 1. The molecule has 1 rings (SSSR count). The number of imide groups is 3. The minimum atomic E-state index is -1.72. The number of hydrogen-bond donors (Lipinski definition) is 13. The number of thiol groups is 1.